The number of carboxylic acids is 1. The summed E-state index contributed by atoms with van der Waals surface area (Å²) in [5, 5.41) is 14.9. The van der Waals surface area contributed by atoms with E-state index >= 15 is 0 Å². The molecule has 0 spiro atoms. The second-order valence-corrected chi connectivity index (χ2v) is 6.32. The van der Waals surface area contributed by atoms with Gasteiger partial charge in [0, 0.05) is 24.6 Å². The first-order chi connectivity index (χ1) is 14.1. The van der Waals surface area contributed by atoms with Crippen LogP contribution in [0.25, 0.3) is 0 Å². The Bertz CT molecular complexity index is 931. The molecule has 3 aromatic rings. The monoisotopic (exact) mass is 391 g/mol. The average molecular weight is 391 g/mol. The molecule has 0 aliphatic heterocycles. The van der Waals surface area contributed by atoms with Crippen LogP contribution in [0.2, 0.25) is 0 Å². The fourth-order valence-electron chi connectivity index (χ4n) is 2.62. The van der Waals surface area contributed by atoms with Crippen molar-refractivity contribution < 1.29 is 19.4 Å². The molecule has 1 amide bonds. The number of carbonyl (C=O) groups is 2. The predicted octanol–water partition coefficient (Wildman–Crippen LogP) is 3.45. The van der Waals surface area contributed by atoms with Gasteiger partial charge in [-0.3, -0.25) is 19.9 Å². The number of hydrogen-bond acceptors (Lipinski definition) is 5. The minimum atomic E-state index is -1.09. The van der Waals surface area contributed by atoms with Crippen molar-refractivity contribution in [3.05, 3.63) is 84.7 Å². The highest BCUT2D eigenvalue weighted by molar-refractivity contribution is 5.94. The predicted molar refractivity (Wildman–Crippen MR) is 109 cm³/mol. The van der Waals surface area contributed by atoms with E-state index in [-0.39, 0.29) is 6.42 Å². The maximum atomic E-state index is 12.3. The normalized spacial score (nSPS) is 11.4. The molecule has 148 valence electrons. The third kappa shape index (κ3) is 6.44. The fraction of sp³-hybridized carbons (Fsp3) is 0.136. The molecule has 0 unspecified atom stereocenters. The van der Waals surface area contributed by atoms with Crippen molar-refractivity contribution in [2.24, 2.45) is 0 Å². The van der Waals surface area contributed by atoms with Gasteiger partial charge < -0.3 is 15.2 Å². The van der Waals surface area contributed by atoms with Crippen LogP contribution >= 0.6 is 0 Å². The van der Waals surface area contributed by atoms with Crippen LogP contribution in [0.4, 0.5) is 5.69 Å². The zero-order chi connectivity index (χ0) is 20.5. The third-order valence-electron chi connectivity index (χ3n) is 4.08. The molecule has 0 fully saturated rings. The Labute approximate surface area is 168 Å². The van der Waals surface area contributed by atoms with Crippen molar-refractivity contribution in [1.29, 1.82) is 0 Å². The van der Waals surface area contributed by atoms with Gasteiger partial charge in [0.25, 0.3) is 0 Å². The molecular formula is C22H21N3O4. The highest BCUT2D eigenvalue weighted by atomic mass is 16.5. The molecule has 0 saturated carbocycles. The number of pyridine rings is 1. The van der Waals surface area contributed by atoms with E-state index in [2.05, 4.69) is 15.6 Å². The second kappa shape index (κ2) is 10.0. The first-order valence-electron chi connectivity index (χ1n) is 9.08. The van der Waals surface area contributed by atoms with Crippen LogP contribution in [0.3, 0.4) is 0 Å². The van der Waals surface area contributed by atoms with Crippen LogP contribution in [0.5, 0.6) is 11.5 Å². The minimum absolute atomic E-state index is 0.197. The molecule has 7 heteroatoms. The van der Waals surface area contributed by atoms with Crippen molar-refractivity contribution in [2.75, 3.05) is 5.32 Å². The number of anilines is 1. The summed E-state index contributed by atoms with van der Waals surface area (Å²) in [4.78, 5) is 27.7. The number of carboxylic acid groups (broad SMARTS) is 1. The molecule has 0 radical (unpaired) electrons. The summed E-state index contributed by atoms with van der Waals surface area (Å²) in [6, 6.07) is 18.8. The smallest absolute Gasteiger partial charge is 0.321 e. The lowest BCUT2D eigenvalue weighted by atomic mass is 10.1. The third-order valence-corrected chi connectivity index (χ3v) is 4.08. The number of ether oxygens (including phenoxy) is 1. The highest BCUT2D eigenvalue weighted by Gasteiger charge is 2.20. The van der Waals surface area contributed by atoms with Gasteiger partial charge in [-0.25, -0.2) is 0 Å². The number of carbonyl (C=O) groups excluding carboxylic acids is 1. The number of rotatable bonds is 9. The molecule has 0 aliphatic rings. The van der Waals surface area contributed by atoms with E-state index in [4.69, 9.17) is 4.74 Å². The van der Waals surface area contributed by atoms with E-state index in [1.165, 1.54) is 0 Å². The summed E-state index contributed by atoms with van der Waals surface area (Å²) in [6.07, 6.45) is 3.09. The van der Waals surface area contributed by atoms with Crippen molar-refractivity contribution in [2.45, 2.75) is 19.0 Å². The van der Waals surface area contributed by atoms with Crippen molar-refractivity contribution in [3.63, 3.8) is 0 Å². The van der Waals surface area contributed by atoms with E-state index in [1.807, 2.05) is 36.4 Å². The molecule has 29 heavy (non-hydrogen) atoms. The number of nitrogens with zero attached hydrogens (tertiary/aromatic N) is 1. The minimum Gasteiger partial charge on any atom is -0.480 e. The Morgan fingerprint density at radius 2 is 1.69 bits per heavy atom. The van der Waals surface area contributed by atoms with Gasteiger partial charge in [-0.2, -0.15) is 0 Å². The Morgan fingerprint density at radius 1 is 0.966 bits per heavy atom. The molecule has 3 N–H and O–H groups in total. The molecule has 1 atom stereocenters. The van der Waals surface area contributed by atoms with Crippen molar-refractivity contribution >= 4 is 17.6 Å². The Hall–Kier alpha value is -3.71. The lowest BCUT2D eigenvalue weighted by Crippen LogP contribution is -2.39. The number of amides is 1. The van der Waals surface area contributed by atoms with Gasteiger partial charge in [0.2, 0.25) is 5.91 Å². The maximum Gasteiger partial charge on any atom is 0.321 e. The quantitative estimate of drug-likeness (QED) is 0.517. The molecule has 3 rings (SSSR count). The van der Waals surface area contributed by atoms with Crippen LogP contribution in [-0.4, -0.2) is 28.0 Å². The largest absolute Gasteiger partial charge is 0.480 e. The van der Waals surface area contributed by atoms with Crippen molar-refractivity contribution in [3.8, 4) is 11.5 Å². The summed E-state index contributed by atoms with van der Waals surface area (Å²) in [7, 11) is 0. The summed E-state index contributed by atoms with van der Waals surface area (Å²) in [5.41, 5.74) is 1.40. The summed E-state index contributed by atoms with van der Waals surface area (Å²) in [5.74, 6) is -0.132. The van der Waals surface area contributed by atoms with Gasteiger partial charge >= 0.3 is 5.97 Å². The lowest BCUT2D eigenvalue weighted by molar-refractivity contribution is -0.141. The first kappa shape index (κ1) is 20.0. The Morgan fingerprint density at radius 3 is 2.34 bits per heavy atom. The Kier molecular flexibility index (Phi) is 6.91. The number of aromatic nitrogens is 1. The molecule has 0 aliphatic carbocycles. The van der Waals surface area contributed by atoms with E-state index in [9.17, 15) is 14.7 Å². The van der Waals surface area contributed by atoms with Crippen LogP contribution in [0.15, 0.2) is 79.1 Å². The number of aliphatic carboxylic acids is 1. The molecule has 0 saturated heterocycles. The number of hydrogen-bond donors (Lipinski definition) is 3. The van der Waals surface area contributed by atoms with E-state index in [0.717, 1.165) is 5.56 Å². The van der Waals surface area contributed by atoms with Gasteiger partial charge in [-0.1, -0.05) is 24.3 Å². The molecular weight excluding hydrogens is 370 g/mol. The standard InChI is InChI=1S/C22H21N3O4/c26-21(13-20(22(27)28)24-15-16-5-4-12-23-14-16)25-17-8-10-19(11-9-17)29-18-6-2-1-3-7-18/h1-12,14,20,24H,13,15H2,(H,25,26)(H,27,28)/t20-/m0/s1. The van der Waals surface area contributed by atoms with Crippen LogP contribution in [0, 0.1) is 0 Å². The zero-order valence-electron chi connectivity index (χ0n) is 15.6. The average Bonchev–Trinajstić information content (AvgIpc) is 2.74. The van der Waals surface area contributed by atoms with Gasteiger partial charge in [0.05, 0.1) is 6.42 Å². The summed E-state index contributed by atoms with van der Waals surface area (Å²) in [6.45, 7) is 0.309. The van der Waals surface area contributed by atoms with Crippen LogP contribution in [-0.2, 0) is 16.1 Å². The fourth-order valence-corrected chi connectivity index (χ4v) is 2.62. The van der Waals surface area contributed by atoms with E-state index < -0.39 is 17.9 Å². The van der Waals surface area contributed by atoms with Crippen LogP contribution in [0.1, 0.15) is 12.0 Å². The SMILES string of the molecule is O=C(C[C@H](NCc1cccnc1)C(=O)O)Nc1ccc(Oc2ccccc2)cc1. The summed E-state index contributed by atoms with van der Waals surface area (Å²) >= 11 is 0. The van der Waals surface area contributed by atoms with Gasteiger partial charge in [0.1, 0.15) is 17.5 Å². The topological polar surface area (TPSA) is 101 Å². The van der Waals surface area contributed by atoms with Gasteiger partial charge in [-0.05, 0) is 48.0 Å². The first-order valence-corrected chi connectivity index (χ1v) is 9.08. The molecule has 1 aromatic heterocycles. The van der Waals surface area contributed by atoms with Gasteiger partial charge in [0.15, 0.2) is 0 Å². The lowest BCUT2D eigenvalue weighted by Gasteiger charge is -2.14. The zero-order valence-corrected chi connectivity index (χ0v) is 15.6. The number of nitrogens with one attached hydrogen (secondary N) is 2. The van der Waals surface area contributed by atoms with E-state index in [0.29, 0.717) is 23.7 Å². The summed E-state index contributed by atoms with van der Waals surface area (Å²) < 4.78 is 5.70. The number of para-hydroxylation sites is 1. The van der Waals surface area contributed by atoms with Gasteiger partial charge in [-0.15, -0.1) is 0 Å². The molecule has 0 bridgehead atoms. The van der Waals surface area contributed by atoms with Crippen molar-refractivity contribution in [1.82, 2.24) is 10.3 Å². The molecule has 7 nitrogen and oxygen atoms in total. The molecule has 2 aromatic carbocycles. The Balaban J connectivity index is 1.52. The van der Waals surface area contributed by atoms with Crippen LogP contribution < -0.4 is 15.4 Å². The molecule has 1 heterocycles. The maximum absolute atomic E-state index is 12.3. The second-order valence-electron chi connectivity index (χ2n) is 6.32. The highest BCUT2D eigenvalue weighted by Crippen LogP contribution is 2.22. The van der Waals surface area contributed by atoms with E-state index in [1.54, 1.807) is 42.7 Å². The number of benzene rings is 2.